The first-order chi connectivity index (χ1) is 20.5. The second-order valence-corrected chi connectivity index (χ2v) is 8.56. The smallest absolute Gasteiger partial charge is 0.423 e. The normalized spacial score (nSPS) is 14.2. The van der Waals surface area contributed by atoms with E-state index in [1.807, 2.05) is 0 Å². The van der Waals surface area contributed by atoms with Gasteiger partial charge in [0.2, 0.25) is 5.78 Å². The quantitative estimate of drug-likeness (QED) is 0.0986. The van der Waals surface area contributed by atoms with Crippen LogP contribution in [0.15, 0.2) is 48.5 Å². The van der Waals surface area contributed by atoms with Gasteiger partial charge in [0.15, 0.2) is 0 Å². The van der Waals surface area contributed by atoms with Crippen molar-refractivity contribution in [2.45, 2.75) is 48.4 Å². The first-order valence-corrected chi connectivity index (χ1v) is 11.2. The van der Waals surface area contributed by atoms with Crippen molar-refractivity contribution < 1.29 is 98.4 Å². The van der Waals surface area contributed by atoms with E-state index in [0.29, 0.717) is 17.8 Å². The van der Waals surface area contributed by atoms with Gasteiger partial charge in [-0.2, -0.15) is 74.6 Å². The van der Waals surface area contributed by atoms with Crippen LogP contribution < -0.4 is 10.1 Å². The van der Waals surface area contributed by atoms with Crippen LogP contribution in [0.3, 0.4) is 0 Å². The summed E-state index contributed by atoms with van der Waals surface area (Å²) in [5.41, 5.74) is -1.58. The van der Waals surface area contributed by atoms with Gasteiger partial charge in [-0.05, 0) is 36.4 Å². The lowest BCUT2D eigenvalue weighted by Gasteiger charge is -2.37. The topological polar surface area (TPSA) is 73.9 Å². The summed E-state index contributed by atoms with van der Waals surface area (Å²) in [7, 11) is 1.55. The lowest BCUT2D eigenvalue weighted by Crippen LogP contribution is -2.64. The summed E-state index contributed by atoms with van der Waals surface area (Å²) in [5.74, 6) is -27.2. The van der Waals surface area contributed by atoms with Crippen LogP contribution in [0.5, 0.6) is 5.75 Å². The van der Waals surface area contributed by atoms with Crippen LogP contribution in [0.4, 0.5) is 80.3 Å². The first-order valence-electron chi connectivity index (χ1n) is 11.2. The SMILES string of the molecule is CNc1ccc(OC(=O)c2ccc(C(=O)C(F)(F)C(F)(F)OC(F)(F)C(F)(F)C(F)(F)OC(F)(F)C(F)(F)C(F)(F)F)cc2)cc1. The fourth-order valence-electron chi connectivity index (χ4n) is 2.84. The summed E-state index contributed by atoms with van der Waals surface area (Å²) < 4.78 is 233. The van der Waals surface area contributed by atoms with Crippen LogP contribution in [-0.2, 0) is 9.47 Å². The molecule has 258 valence electrons. The van der Waals surface area contributed by atoms with Crippen LogP contribution in [0, 0.1) is 0 Å². The Morgan fingerprint density at radius 1 is 0.543 bits per heavy atom. The highest BCUT2D eigenvalue weighted by molar-refractivity contribution is 6.02. The molecule has 0 atom stereocenters. The van der Waals surface area contributed by atoms with Gasteiger partial charge in [0.1, 0.15) is 5.75 Å². The van der Waals surface area contributed by atoms with Crippen LogP contribution >= 0.6 is 0 Å². The van der Waals surface area contributed by atoms with Gasteiger partial charge in [0.25, 0.3) is 0 Å². The molecule has 46 heavy (non-hydrogen) atoms. The number of rotatable bonds is 13. The van der Waals surface area contributed by atoms with Gasteiger partial charge in [-0.1, -0.05) is 12.1 Å². The highest BCUT2D eigenvalue weighted by Crippen LogP contribution is 2.55. The van der Waals surface area contributed by atoms with Crippen LogP contribution in [0.25, 0.3) is 0 Å². The molecule has 0 fully saturated rings. The summed E-state index contributed by atoms with van der Waals surface area (Å²) in [4.78, 5) is 24.1. The van der Waals surface area contributed by atoms with E-state index in [4.69, 9.17) is 4.74 Å². The molecule has 1 N–H and O–H groups in total. The van der Waals surface area contributed by atoms with Crippen molar-refractivity contribution in [1.82, 2.24) is 0 Å². The minimum atomic E-state index is -8.14. The molecule has 0 amide bonds. The van der Waals surface area contributed by atoms with E-state index >= 15 is 0 Å². The molecule has 0 aliphatic rings. The van der Waals surface area contributed by atoms with E-state index in [1.54, 1.807) is 11.8 Å². The lowest BCUT2D eigenvalue weighted by atomic mass is 10.0. The molecule has 0 bridgehead atoms. The van der Waals surface area contributed by atoms with E-state index in [-0.39, 0.29) is 17.9 Å². The van der Waals surface area contributed by atoms with Crippen molar-refractivity contribution >= 4 is 17.4 Å². The Labute approximate surface area is 243 Å². The van der Waals surface area contributed by atoms with Gasteiger partial charge >= 0.3 is 54.3 Å². The van der Waals surface area contributed by atoms with Gasteiger partial charge in [-0.3, -0.25) is 4.79 Å². The molecule has 23 heteroatoms. The van der Waals surface area contributed by atoms with Gasteiger partial charge < -0.3 is 10.1 Å². The average Bonchev–Trinajstić information content (AvgIpc) is 2.91. The predicted octanol–water partition coefficient (Wildman–Crippen LogP) is 8.00. The summed E-state index contributed by atoms with van der Waals surface area (Å²) >= 11 is 0. The minimum absolute atomic E-state index is 0.0843. The lowest BCUT2D eigenvalue weighted by molar-refractivity contribution is -0.540. The number of carbonyl (C=O) groups excluding carboxylic acids is 2. The van der Waals surface area contributed by atoms with Crippen molar-refractivity contribution in [1.29, 1.82) is 0 Å². The molecule has 2 aromatic rings. The maximum Gasteiger partial charge on any atom is 0.462 e. The number of anilines is 1. The first kappa shape index (κ1) is 38.3. The van der Waals surface area contributed by atoms with E-state index in [0.717, 1.165) is 0 Å². The Morgan fingerprint density at radius 2 is 0.935 bits per heavy atom. The molecule has 2 aromatic carbocycles. The zero-order valence-corrected chi connectivity index (χ0v) is 21.6. The molecule has 0 radical (unpaired) electrons. The molecule has 0 unspecified atom stereocenters. The molecule has 0 heterocycles. The Hall–Kier alpha value is -3.89. The highest BCUT2D eigenvalue weighted by atomic mass is 19.4. The number of hydrogen-bond donors (Lipinski definition) is 1. The standard InChI is InChI=1S/C23H12F17NO5/c1-41-12-6-8-13(9-7-12)44-15(43)11-4-2-10(3-5-11)14(42)16(24,25)20(33,34)45-22(37,38)18(28,29)23(39,40)46-21(35,36)17(26,27)19(30,31)32/h2-9,41H,1H3. The fraction of sp³-hybridized carbons (Fsp3) is 0.391. The van der Waals surface area contributed by atoms with Crippen molar-refractivity contribution in [3.8, 4) is 5.75 Å². The third-order valence-corrected chi connectivity index (χ3v) is 5.35. The maximum absolute atomic E-state index is 14.2. The Kier molecular flexibility index (Phi) is 10.0. The van der Waals surface area contributed by atoms with Gasteiger partial charge in [0.05, 0.1) is 5.56 Å². The number of alkyl halides is 17. The minimum Gasteiger partial charge on any atom is -0.423 e. The van der Waals surface area contributed by atoms with Crippen molar-refractivity contribution in [2.75, 3.05) is 12.4 Å². The molecule has 6 nitrogen and oxygen atoms in total. The zero-order chi connectivity index (χ0) is 35.9. The largest absolute Gasteiger partial charge is 0.462 e. The molecule has 2 rings (SSSR count). The number of ketones is 1. The highest BCUT2D eigenvalue weighted by Gasteiger charge is 2.84. The maximum atomic E-state index is 14.2. The average molecular weight is 705 g/mol. The Morgan fingerprint density at radius 3 is 1.35 bits per heavy atom. The summed E-state index contributed by atoms with van der Waals surface area (Å²) in [6.07, 6.45) is -38.5. The number of benzene rings is 2. The summed E-state index contributed by atoms with van der Waals surface area (Å²) in [5, 5.41) is 2.72. The van der Waals surface area contributed by atoms with Crippen LogP contribution in [0.2, 0.25) is 0 Å². The summed E-state index contributed by atoms with van der Waals surface area (Å²) in [6, 6.07) is 6.71. The number of halogens is 17. The van der Waals surface area contributed by atoms with E-state index in [1.165, 1.54) is 29.0 Å². The summed E-state index contributed by atoms with van der Waals surface area (Å²) in [6.45, 7) is 0. The number of Topliss-reactive ketones (excluding diaryl/α,β-unsaturated/α-hetero) is 1. The second kappa shape index (κ2) is 12.0. The monoisotopic (exact) mass is 705 g/mol. The van der Waals surface area contributed by atoms with E-state index in [2.05, 4.69) is 5.32 Å². The molecule has 0 saturated carbocycles. The van der Waals surface area contributed by atoms with Crippen molar-refractivity contribution in [2.24, 2.45) is 0 Å². The Bertz CT molecular complexity index is 1410. The molecule has 0 aromatic heterocycles. The third-order valence-electron chi connectivity index (χ3n) is 5.35. The van der Waals surface area contributed by atoms with Crippen LogP contribution in [-0.4, -0.2) is 67.2 Å². The Balaban J connectivity index is 2.28. The van der Waals surface area contributed by atoms with Crippen molar-refractivity contribution in [3.05, 3.63) is 59.7 Å². The predicted molar refractivity (Wildman–Crippen MR) is 115 cm³/mol. The molecule has 0 aliphatic carbocycles. The number of hydrogen-bond acceptors (Lipinski definition) is 6. The fourth-order valence-corrected chi connectivity index (χ4v) is 2.84. The number of nitrogens with one attached hydrogen (secondary N) is 1. The second-order valence-electron chi connectivity index (χ2n) is 8.56. The number of esters is 1. The van der Waals surface area contributed by atoms with Crippen LogP contribution in [0.1, 0.15) is 20.7 Å². The molecular formula is C23H12F17NO5. The van der Waals surface area contributed by atoms with Gasteiger partial charge in [0, 0.05) is 18.3 Å². The van der Waals surface area contributed by atoms with Crippen molar-refractivity contribution in [3.63, 3.8) is 0 Å². The van der Waals surface area contributed by atoms with Gasteiger partial charge in [-0.15, -0.1) is 0 Å². The molecular weight excluding hydrogens is 693 g/mol. The zero-order valence-electron chi connectivity index (χ0n) is 21.6. The van der Waals surface area contributed by atoms with Gasteiger partial charge in [-0.25, -0.2) is 14.3 Å². The number of carbonyl (C=O) groups is 2. The van der Waals surface area contributed by atoms with E-state index in [9.17, 15) is 84.2 Å². The number of ether oxygens (including phenoxy) is 3. The third kappa shape index (κ3) is 7.08. The molecule has 0 spiro atoms. The molecule has 0 aliphatic heterocycles. The molecule has 0 saturated heterocycles. The van der Waals surface area contributed by atoms with E-state index < -0.39 is 71.3 Å².